The highest BCUT2D eigenvalue weighted by Crippen LogP contribution is 2.17. The number of hydrogen-bond acceptors (Lipinski definition) is 2. The number of hydrogen-bond donors (Lipinski definition) is 2. The summed E-state index contributed by atoms with van der Waals surface area (Å²) in [7, 11) is 0. The van der Waals surface area contributed by atoms with Gasteiger partial charge in [-0.3, -0.25) is 0 Å². The number of nitrogens with one attached hydrogen (secondary N) is 2. The summed E-state index contributed by atoms with van der Waals surface area (Å²) in [5.41, 5.74) is 1.30. The van der Waals surface area contributed by atoms with Crippen LogP contribution in [0.25, 0.3) is 0 Å². The van der Waals surface area contributed by atoms with Crippen LogP contribution in [0.3, 0.4) is 0 Å². The molecule has 4 nitrogen and oxygen atoms in total. The Morgan fingerprint density at radius 1 is 1.09 bits per heavy atom. The molecule has 1 aromatic carbocycles. The number of carbonyl (C=O) groups is 1. The smallest absolute Gasteiger partial charge is 0.315 e. The van der Waals surface area contributed by atoms with Gasteiger partial charge in [0.1, 0.15) is 0 Å². The van der Waals surface area contributed by atoms with Crippen LogP contribution in [0.15, 0.2) is 30.3 Å². The second-order valence-corrected chi connectivity index (χ2v) is 5.94. The average molecular weight is 304 g/mol. The minimum Gasteiger partial charge on any atom is -0.381 e. The van der Waals surface area contributed by atoms with E-state index in [1.165, 1.54) is 24.8 Å². The van der Waals surface area contributed by atoms with Crippen molar-refractivity contribution in [3.8, 4) is 0 Å². The van der Waals surface area contributed by atoms with E-state index in [1.807, 2.05) is 18.2 Å². The van der Waals surface area contributed by atoms with Crippen molar-refractivity contribution in [2.75, 3.05) is 19.8 Å². The topological polar surface area (TPSA) is 50.4 Å². The predicted molar refractivity (Wildman–Crippen MR) is 89.0 cm³/mol. The normalized spacial score (nSPS) is 15.5. The lowest BCUT2D eigenvalue weighted by molar-refractivity contribution is 0.135. The van der Waals surface area contributed by atoms with E-state index in [-0.39, 0.29) is 6.03 Å². The van der Waals surface area contributed by atoms with Gasteiger partial charge in [0.25, 0.3) is 0 Å². The van der Waals surface area contributed by atoms with E-state index < -0.39 is 0 Å². The van der Waals surface area contributed by atoms with E-state index in [0.29, 0.717) is 19.2 Å². The Morgan fingerprint density at radius 2 is 1.86 bits per heavy atom. The second kappa shape index (κ2) is 10.2. The van der Waals surface area contributed by atoms with Crippen LogP contribution >= 0.6 is 0 Å². The van der Waals surface area contributed by atoms with Crippen LogP contribution < -0.4 is 10.6 Å². The predicted octanol–water partition coefficient (Wildman–Crippen LogP) is 3.27. The van der Waals surface area contributed by atoms with Crippen LogP contribution in [-0.2, 0) is 11.2 Å². The molecule has 2 rings (SSSR count). The Hall–Kier alpha value is -1.55. The molecule has 22 heavy (non-hydrogen) atoms. The lowest BCUT2D eigenvalue weighted by atomic mass is 9.96. The third-order valence-corrected chi connectivity index (χ3v) is 4.07. The first kappa shape index (κ1) is 16.8. The molecule has 1 aromatic rings. The molecule has 0 radical (unpaired) electrons. The summed E-state index contributed by atoms with van der Waals surface area (Å²) in [6.07, 6.45) is 7.82. The molecule has 4 heteroatoms. The summed E-state index contributed by atoms with van der Waals surface area (Å²) in [6.45, 7) is 2.10. The second-order valence-electron chi connectivity index (χ2n) is 5.94. The van der Waals surface area contributed by atoms with E-state index in [9.17, 15) is 4.79 Å². The van der Waals surface area contributed by atoms with E-state index in [4.69, 9.17) is 4.74 Å². The first-order valence-corrected chi connectivity index (χ1v) is 8.50. The number of urea groups is 1. The zero-order chi connectivity index (χ0) is 15.5. The molecule has 2 amide bonds. The maximum Gasteiger partial charge on any atom is 0.315 e. The van der Waals surface area contributed by atoms with Crippen molar-refractivity contribution >= 4 is 6.03 Å². The summed E-state index contributed by atoms with van der Waals surface area (Å²) < 4.78 is 5.60. The van der Waals surface area contributed by atoms with Gasteiger partial charge >= 0.3 is 6.03 Å². The molecule has 1 saturated carbocycles. The van der Waals surface area contributed by atoms with Gasteiger partial charge in [-0.05, 0) is 31.2 Å². The SMILES string of the molecule is O=C(NCCCOCCc1ccccc1)NC1CCCCC1. The zero-order valence-electron chi connectivity index (χ0n) is 13.4. The molecular formula is C18H28N2O2. The Kier molecular flexibility index (Phi) is 7.81. The fourth-order valence-corrected chi connectivity index (χ4v) is 2.80. The molecule has 0 unspecified atom stereocenters. The highest BCUT2D eigenvalue weighted by molar-refractivity contribution is 5.74. The van der Waals surface area contributed by atoms with Crippen molar-refractivity contribution in [1.82, 2.24) is 10.6 Å². The number of ether oxygens (including phenoxy) is 1. The van der Waals surface area contributed by atoms with Crippen LogP contribution in [0.4, 0.5) is 4.79 Å². The largest absolute Gasteiger partial charge is 0.381 e. The molecule has 0 saturated heterocycles. The van der Waals surface area contributed by atoms with Gasteiger partial charge in [0.05, 0.1) is 6.61 Å². The quantitative estimate of drug-likeness (QED) is 0.724. The molecule has 122 valence electrons. The number of rotatable bonds is 8. The lowest BCUT2D eigenvalue weighted by Gasteiger charge is -2.22. The first-order chi connectivity index (χ1) is 10.8. The zero-order valence-corrected chi connectivity index (χ0v) is 13.4. The minimum absolute atomic E-state index is 0.0313. The Bertz CT molecular complexity index is 416. The number of amides is 2. The molecule has 0 heterocycles. The monoisotopic (exact) mass is 304 g/mol. The average Bonchev–Trinajstić information content (AvgIpc) is 2.56. The van der Waals surface area contributed by atoms with Crippen LogP contribution in [0.2, 0.25) is 0 Å². The summed E-state index contributed by atoms with van der Waals surface area (Å²) in [6, 6.07) is 10.7. The van der Waals surface area contributed by atoms with Crippen molar-refractivity contribution in [3.63, 3.8) is 0 Å². The van der Waals surface area contributed by atoms with Crippen LogP contribution in [0.1, 0.15) is 44.1 Å². The number of benzene rings is 1. The van der Waals surface area contributed by atoms with Gasteiger partial charge in [0.15, 0.2) is 0 Å². The first-order valence-electron chi connectivity index (χ1n) is 8.50. The van der Waals surface area contributed by atoms with E-state index >= 15 is 0 Å². The third kappa shape index (κ3) is 6.94. The molecule has 0 atom stereocenters. The molecule has 1 aliphatic carbocycles. The van der Waals surface area contributed by atoms with Gasteiger partial charge in [0.2, 0.25) is 0 Å². The van der Waals surface area contributed by atoms with Crippen LogP contribution in [0.5, 0.6) is 0 Å². The molecule has 1 fully saturated rings. The minimum atomic E-state index is -0.0313. The summed E-state index contributed by atoms with van der Waals surface area (Å²) in [4.78, 5) is 11.7. The summed E-state index contributed by atoms with van der Waals surface area (Å²) in [5, 5.41) is 5.96. The Balaban J connectivity index is 1.42. The van der Waals surface area contributed by atoms with E-state index in [1.54, 1.807) is 0 Å². The molecule has 1 aliphatic rings. The van der Waals surface area contributed by atoms with Crippen LogP contribution in [-0.4, -0.2) is 31.8 Å². The summed E-state index contributed by atoms with van der Waals surface area (Å²) >= 11 is 0. The van der Waals surface area contributed by atoms with Gasteiger partial charge < -0.3 is 15.4 Å². The number of carbonyl (C=O) groups excluding carboxylic acids is 1. The van der Waals surface area contributed by atoms with E-state index in [2.05, 4.69) is 22.8 Å². The standard InChI is InChI=1S/C18H28N2O2/c21-18(20-17-10-5-2-6-11-17)19-13-7-14-22-15-12-16-8-3-1-4-9-16/h1,3-4,8-9,17H,2,5-7,10-15H2,(H2,19,20,21). The van der Waals surface area contributed by atoms with Gasteiger partial charge in [0, 0.05) is 19.2 Å². The van der Waals surface area contributed by atoms with Crippen molar-refractivity contribution in [1.29, 1.82) is 0 Å². The van der Waals surface area contributed by atoms with Crippen molar-refractivity contribution in [2.45, 2.75) is 51.0 Å². The van der Waals surface area contributed by atoms with Gasteiger partial charge in [-0.25, -0.2) is 4.79 Å². The van der Waals surface area contributed by atoms with Crippen molar-refractivity contribution < 1.29 is 9.53 Å². The summed E-state index contributed by atoms with van der Waals surface area (Å²) in [5.74, 6) is 0. The highest BCUT2D eigenvalue weighted by atomic mass is 16.5. The maximum atomic E-state index is 11.7. The van der Waals surface area contributed by atoms with Crippen molar-refractivity contribution in [3.05, 3.63) is 35.9 Å². The molecule has 0 aliphatic heterocycles. The Morgan fingerprint density at radius 3 is 2.64 bits per heavy atom. The molecular weight excluding hydrogens is 276 g/mol. The van der Waals surface area contributed by atoms with Crippen LogP contribution in [0, 0.1) is 0 Å². The fourth-order valence-electron chi connectivity index (χ4n) is 2.80. The van der Waals surface area contributed by atoms with Crippen molar-refractivity contribution in [2.24, 2.45) is 0 Å². The van der Waals surface area contributed by atoms with Gasteiger partial charge in [-0.1, -0.05) is 49.6 Å². The fraction of sp³-hybridized carbons (Fsp3) is 0.611. The lowest BCUT2D eigenvalue weighted by Crippen LogP contribution is -2.43. The Labute approximate surface area is 133 Å². The molecule has 0 aromatic heterocycles. The molecule has 0 spiro atoms. The maximum absolute atomic E-state index is 11.7. The van der Waals surface area contributed by atoms with Gasteiger partial charge in [-0.15, -0.1) is 0 Å². The third-order valence-electron chi connectivity index (χ3n) is 4.07. The highest BCUT2D eigenvalue weighted by Gasteiger charge is 2.14. The van der Waals surface area contributed by atoms with Gasteiger partial charge in [-0.2, -0.15) is 0 Å². The van der Waals surface area contributed by atoms with E-state index in [0.717, 1.165) is 32.3 Å². The molecule has 0 bridgehead atoms. The molecule has 2 N–H and O–H groups in total.